The van der Waals surface area contributed by atoms with E-state index in [1.807, 2.05) is 11.9 Å². The lowest BCUT2D eigenvalue weighted by atomic mass is 10.2. The van der Waals surface area contributed by atoms with E-state index in [0.29, 0.717) is 62.9 Å². The SMILES string of the molecule is CN1CCOC(C(=O)N2CCC(=O)NCCN(c3nc4c(cnn4C)c(=O)[nH]3)CC2)C1. The van der Waals surface area contributed by atoms with Gasteiger partial charge in [0, 0.05) is 59.3 Å². The topological polar surface area (TPSA) is 129 Å². The van der Waals surface area contributed by atoms with Gasteiger partial charge in [0.05, 0.1) is 12.8 Å². The minimum Gasteiger partial charge on any atom is -0.366 e. The number of likely N-dealkylation sites (N-methyl/N-ethyl adjacent to an activating group) is 1. The van der Waals surface area contributed by atoms with Gasteiger partial charge >= 0.3 is 0 Å². The van der Waals surface area contributed by atoms with Crippen molar-refractivity contribution >= 4 is 28.8 Å². The third-order valence-corrected chi connectivity index (χ3v) is 5.70. The van der Waals surface area contributed by atoms with Crippen molar-refractivity contribution in [2.45, 2.75) is 12.5 Å². The van der Waals surface area contributed by atoms with Crippen molar-refractivity contribution in [3.8, 4) is 0 Å². The van der Waals surface area contributed by atoms with Gasteiger partial charge in [-0.25, -0.2) is 0 Å². The van der Waals surface area contributed by atoms with E-state index in [1.165, 1.54) is 6.20 Å². The number of carbonyl (C=O) groups is 2. The normalized spacial score (nSPS) is 21.9. The van der Waals surface area contributed by atoms with Gasteiger partial charge in [0.1, 0.15) is 11.5 Å². The van der Waals surface area contributed by atoms with Crippen molar-refractivity contribution in [3.05, 3.63) is 16.6 Å². The van der Waals surface area contributed by atoms with E-state index in [2.05, 4.69) is 25.3 Å². The van der Waals surface area contributed by atoms with Gasteiger partial charge in [-0.1, -0.05) is 0 Å². The molecule has 0 saturated carbocycles. The molecule has 2 aromatic rings. The van der Waals surface area contributed by atoms with Gasteiger partial charge in [-0.3, -0.25) is 24.0 Å². The highest BCUT2D eigenvalue weighted by Gasteiger charge is 2.30. The molecule has 0 spiro atoms. The number of hydrogen-bond acceptors (Lipinski definition) is 8. The molecule has 2 fully saturated rings. The number of aromatic amines is 1. The van der Waals surface area contributed by atoms with Crippen LogP contribution in [0, 0.1) is 0 Å². The average molecular weight is 432 g/mol. The highest BCUT2D eigenvalue weighted by atomic mass is 16.5. The molecule has 12 nitrogen and oxygen atoms in total. The molecular weight excluding hydrogens is 404 g/mol. The quantitative estimate of drug-likeness (QED) is 0.566. The predicted octanol–water partition coefficient (Wildman–Crippen LogP) is -1.86. The van der Waals surface area contributed by atoms with Gasteiger partial charge in [-0.05, 0) is 7.05 Å². The molecule has 2 N–H and O–H groups in total. The van der Waals surface area contributed by atoms with Crippen LogP contribution in [0.1, 0.15) is 6.42 Å². The molecular formula is C19H28N8O4. The first-order chi connectivity index (χ1) is 14.9. The smallest absolute Gasteiger partial charge is 0.263 e. The Kier molecular flexibility index (Phi) is 6.18. The summed E-state index contributed by atoms with van der Waals surface area (Å²) in [6.07, 6.45) is 1.18. The molecule has 0 radical (unpaired) electrons. The standard InChI is InChI=1S/C19H28N8O4/c1-24-9-10-31-14(12-24)18(30)26-5-3-15(28)20-4-6-27(8-7-26)19-22-16-13(17(29)23-19)11-21-25(16)2/h11,14H,3-10,12H2,1-2H3,(H,20,28)(H,22,23,29). The first-order valence-electron chi connectivity index (χ1n) is 10.4. The molecule has 0 bridgehead atoms. The summed E-state index contributed by atoms with van der Waals surface area (Å²) in [4.78, 5) is 50.7. The van der Waals surface area contributed by atoms with Gasteiger partial charge in [0.15, 0.2) is 5.65 Å². The van der Waals surface area contributed by atoms with Crippen LogP contribution in [-0.4, -0.2) is 107 Å². The maximum Gasteiger partial charge on any atom is 0.263 e. The summed E-state index contributed by atoms with van der Waals surface area (Å²) in [6, 6.07) is 0. The van der Waals surface area contributed by atoms with Crippen LogP contribution in [0.15, 0.2) is 11.0 Å². The number of H-pyrrole nitrogens is 1. The van der Waals surface area contributed by atoms with Crippen LogP contribution in [0.5, 0.6) is 0 Å². The van der Waals surface area contributed by atoms with Crippen LogP contribution in [-0.2, 0) is 21.4 Å². The number of aryl methyl sites for hydroxylation is 1. The zero-order chi connectivity index (χ0) is 22.0. The zero-order valence-electron chi connectivity index (χ0n) is 17.8. The molecule has 2 aliphatic rings. The lowest BCUT2D eigenvalue weighted by Crippen LogP contribution is -2.52. The van der Waals surface area contributed by atoms with E-state index in [-0.39, 0.29) is 23.8 Å². The summed E-state index contributed by atoms with van der Waals surface area (Å²) >= 11 is 0. The van der Waals surface area contributed by atoms with Crippen molar-refractivity contribution in [1.82, 2.24) is 34.9 Å². The molecule has 0 aliphatic carbocycles. The number of nitrogens with one attached hydrogen (secondary N) is 2. The molecule has 2 aliphatic heterocycles. The number of nitrogens with zero attached hydrogens (tertiary/aromatic N) is 6. The maximum atomic E-state index is 13.1. The highest BCUT2D eigenvalue weighted by molar-refractivity contribution is 5.82. The maximum absolute atomic E-state index is 13.1. The van der Waals surface area contributed by atoms with Crippen LogP contribution in [0.4, 0.5) is 5.95 Å². The molecule has 4 heterocycles. The number of ether oxygens (including phenoxy) is 1. The van der Waals surface area contributed by atoms with Crippen molar-refractivity contribution < 1.29 is 14.3 Å². The third kappa shape index (κ3) is 4.69. The lowest BCUT2D eigenvalue weighted by molar-refractivity contribution is -0.149. The van der Waals surface area contributed by atoms with Gasteiger partial charge in [0.25, 0.3) is 11.5 Å². The van der Waals surface area contributed by atoms with Crippen molar-refractivity contribution in [2.75, 3.05) is 64.4 Å². The van der Waals surface area contributed by atoms with E-state index in [1.54, 1.807) is 16.6 Å². The fraction of sp³-hybridized carbons (Fsp3) is 0.632. The highest BCUT2D eigenvalue weighted by Crippen LogP contribution is 2.13. The summed E-state index contributed by atoms with van der Waals surface area (Å²) < 4.78 is 7.23. The minimum atomic E-state index is -0.540. The molecule has 0 aromatic carbocycles. The number of aromatic nitrogens is 4. The Hall–Kier alpha value is -2.99. The lowest BCUT2D eigenvalue weighted by Gasteiger charge is -2.34. The van der Waals surface area contributed by atoms with Gasteiger partial charge < -0.3 is 24.8 Å². The molecule has 12 heteroatoms. The number of fused-ring (bicyclic) bond motifs is 1. The first-order valence-corrected chi connectivity index (χ1v) is 10.4. The van der Waals surface area contributed by atoms with E-state index in [0.717, 1.165) is 6.54 Å². The van der Waals surface area contributed by atoms with Crippen molar-refractivity contribution in [3.63, 3.8) is 0 Å². The van der Waals surface area contributed by atoms with Crippen LogP contribution >= 0.6 is 0 Å². The first kappa shape index (κ1) is 21.2. The Bertz CT molecular complexity index is 1020. The molecule has 2 aromatic heterocycles. The van der Waals surface area contributed by atoms with Crippen molar-refractivity contribution in [1.29, 1.82) is 0 Å². The number of rotatable bonds is 2. The van der Waals surface area contributed by atoms with Gasteiger partial charge in [-0.2, -0.15) is 10.1 Å². The monoisotopic (exact) mass is 432 g/mol. The number of hydrogen-bond donors (Lipinski definition) is 2. The van der Waals surface area contributed by atoms with Crippen LogP contribution in [0.2, 0.25) is 0 Å². The summed E-state index contributed by atoms with van der Waals surface area (Å²) in [7, 11) is 3.68. The Labute approximate surface area is 179 Å². The Balaban J connectivity index is 1.56. The molecule has 31 heavy (non-hydrogen) atoms. The second kappa shape index (κ2) is 9.02. The number of amides is 2. The summed E-state index contributed by atoms with van der Waals surface area (Å²) in [6.45, 7) is 3.83. The largest absolute Gasteiger partial charge is 0.366 e. The molecule has 4 rings (SSSR count). The summed E-state index contributed by atoms with van der Waals surface area (Å²) in [5, 5.41) is 7.37. The predicted molar refractivity (Wildman–Crippen MR) is 113 cm³/mol. The number of morpholine rings is 1. The average Bonchev–Trinajstić information content (AvgIpc) is 3.13. The second-order valence-corrected chi connectivity index (χ2v) is 7.93. The number of anilines is 1. The molecule has 2 saturated heterocycles. The summed E-state index contributed by atoms with van der Waals surface area (Å²) in [5.41, 5.74) is 0.201. The molecule has 2 amide bonds. The third-order valence-electron chi connectivity index (χ3n) is 5.70. The minimum absolute atomic E-state index is 0.120. The van der Waals surface area contributed by atoms with E-state index in [4.69, 9.17) is 4.74 Å². The summed E-state index contributed by atoms with van der Waals surface area (Å²) in [5.74, 6) is 0.144. The van der Waals surface area contributed by atoms with Gasteiger partial charge in [0.2, 0.25) is 11.9 Å². The molecule has 168 valence electrons. The second-order valence-electron chi connectivity index (χ2n) is 7.93. The Morgan fingerprint density at radius 2 is 2.00 bits per heavy atom. The zero-order valence-corrected chi connectivity index (χ0v) is 17.8. The van der Waals surface area contributed by atoms with E-state index >= 15 is 0 Å². The van der Waals surface area contributed by atoms with E-state index < -0.39 is 6.10 Å². The fourth-order valence-electron chi connectivity index (χ4n) is 3.85. The van der Waals surface area contributed by atoms with Crippen molar-refractivity contribution in [2.24, 2.45) is 7.05 Å². The fourth-order valence-corrected chi connectivity index (χ4v) is 3.85. The van der Waals surface area contributed by atoms with Gasteiger partial charge in [-0.15, -0.1) is 0 Å². The van der Waals surface area contributed by atoms with E-state index in [9.17, 15) is 14.4 Å². The van der Waals surface area contributed by atoms with Crippen LogP contribution in [0.3, 0.4) is 0 Å². The Morgan fingerprint density at radius 3 is 2.81 bits per heavy atom. The molecule has 1 atom stereocenters. The van der Waals surface area contributed by atoms with Crippen LogP contribution < -0.4 is 15.8 Å². The Morgan fingerprint density at radius 1 is 1.16 bits per heavy atom. The molecule has 1 unspecified atom stereocenters. The van der Waals surface area contributed by atoms with Crippen LogP contribution in [0.25, 0.3) is 11.0 Å². The number of carbonyl (C=O) groups excluding carboxylic acids is 2.